The quantitative estimate of drug-likeness (QED) is 0.801. The molecule has 0 saturated heterocycles. The van der Waals surface area contributed by atoms with Gasteiger partial charge in [-0.15, -0.1) is 0 Å². The van der Waals surface area contributed by atoms with Crippen LogP contribution >= 0.6 is 0 Å². The largest absolute Gasteiger partial charge is 0.492 e. The number of allylic oxidation sites excluding steroid dienone is 3. The summed E-state index contributed by atoms with van der Waals surface area (Å²) >= 11 is 0. The highest BCUT2D eigenvalue weighted by molar-refractivity contribution is 5.80. The molecule has 24 heavy (non-hydrogen) atoms. The van der Waals surface area contributed by atoms with E-state index >= 15 is 0 Å². The Morgan fingerprint density at radius 1 is 1.17 bits per heavy atom. The smallest absolute Gasteiger partial charge is 0.116 e. The van der Waals surface area contributed by atoms with Crippen LogP contribution in [0.3, 0.4) is 0 Å². The molecule has 0 heterocycles. The Hall–Kier alpha value is -2.58. The third kappa shape index (κ3) is 2.40. The molecule has 0 unspecified atom stereocenters. The molecule has 2 aromatic rings. The zero-order valence-electron chi connectivity index (χ0n) is 13.7. The number of benzene rings is 2. The number of fused-ring (bicyclic) bond motifs is 2. The molecule has 2 aliphatic rings. The summed E-state index contributed by atoms with van der Waals surface area (Å²) in [5.41, 5.74) is 3.66. The average molecular weight is 315 g/mol. The summed E-state index contributed by atoms with van der Waals surface area (Å²) in [4.78, 5) is 0. The SMILES string of the molecule is CC=c1ccc2c(c1C1=CC(OCCO)=CC1)[C]=c1ccccc1=2. The van der Waals surface area contributed by atoms with Gasteiger partial charge in [0.05, 0.1) is 6.61 Å². The van der Waals surface area contributed by atoms with E-state index in [2.05, 4.69) is 67.6 Å². The minimum atomic E-state index is 0.0338. The van der Waals surface area contributed by atoms with E-state index < -0.39 is 0 Å². The summed E-state index contributed by atoms with van der Waals surface area (Å²) in [6.07, 6.45) is 10.7. The first-order valence-electron chi connectivity index (χ1n) is 8.29. The molecular weight excluding hydrogens is 296 g/mol. The minimum absolute atomic E-state index is 0.0338. The molecule has 119 valence electrons. The molecule has 0 aliphatic heterocycles. The number of aliphatic hydroxyl groups is 1. The molecule has 2 aromatic carbocycles. The van der Waals surface area contributed by atoms with Crippen molar-refractivity contribution in [1.29, 1.82) is 0 Å². The molecule has 2 nitrogen and oxygen atoms in total. The number of hydrogen-bond donors (Lipinski definition) is 1. The van der Waals surface area contributed by atoms with Crippen LogP contribution in [0.2, 0.25) is 0 Å². The lowest BCUT2D eigenvalue weighted by atomic mass is 9.95. The van der Waals surface area contributed by atoms with Crippen molar-refractivity contribution in [3.8, 4) is 0 Å². The highest BCUT2D eigenvalue weighted by atomic mass is 16.5. The van der Waals surface area contributed by atoms with Gasteiger partial charge in [0, 0.05) is 0 Å². The summed E-state index contributed by atoms with van der Waals surface area (Å²) < 4.78 is 5.56. The van der Waals surface area contributed by atoms with Crippen molar-refractivity contribution in [3.63, 3.8) is 0 Å². The molecule has 2 heteroatoms. The molecule has 0 amide bonds. The average Bonchev–Trinajstić information content (AvgIpc) is 3.23. The maximum absolute atomic E-state index is 8.93. The Kier molecular flexibility index (Phi) is 3.83. The van der Waals surface area contributed by atoms with Crippen LogP contribution in [0.25, 0.3) is 17.7 Å². The van der Waals surface area contributed by atoms with Gasteiger partial charge >= 0.3 is 0 Å². The first-order chi connectivity index (χ1) is 11.8. The predicted molar refractivity (Wildman–Crippen MR) is 96.2 cm³/mol. The molecular formula is C22H19O2. The Bertz CT molecular complexity index is 1070. The van der Waals surface area contributed by atoms with Gasteiger partial charge in [-0.25, -0.2) is 0 Å². The third-order valence-corrected chi connectivity index (χ3v) is 4.55. The first-order valence-corrected chi connectivity index (χ1v) is 8.29. The number of ether oxygens (including phenoxy) is 1. The van der Waals surface area contributed by atoms with Gasteiger partial charge in [0.1, 0.15) is 12.4 Å². The van der Waals surface area contributed by atoms with E-state index in [1.807, 2.05) is 0 Å². The van der Waals surface area contributed by atoms with Crippen LogP contribution in [0.15, 0.2) is 54.3 Å². The summed E-state index contributed by atoms with van der Waals surface area (Å²) in [6, 6.07) is 12.8. The fourth-order valence-electron chi connectivity index (χ4n) is 3.46. The Morgan fingerprint density at radius 2 is 2.04 bits per heavy atom. The van der Waals surface area contributed by atoms with Gasteiger partial charge in [-0.1, -0.05) is 42.5 Å². The Morgan fingerprint density at radius 3 is 2.88 bits per heavy atom. The molecule has 0 fully saturated rings. The van der Waals surface area contributed by atoms with Gasteiger partial charge in [-0.05, 0) is 69.1 Å². The second-order valence-electron chi connectivity index (χ2n) is 5.96. The molecule has 1 N–H and O–H groups in total. The van der Waals surface area contributed by atoms with E-state index in [1.165, 1.54) is 32.4 Å². The zero-order valence-corrected chi connectivity index (χ0v) is 13.7. The standard InChI is InChI=1S/C22H19O2/c1-2-15-8-10-20-19-6-4-3-5-16(19)14-21(20)22(15)17-7-9-18(13-17)24-12-11-23/h2-6,8-10,13,23H,7,11-12H2,1H3. The second-order valence-corrected chi connectivity index (χ2v) is 5.96. The molecule has 0 atom stereocenters. The van der Waals surface area contributed by atoms with E-state index in [9.17, 15) is 0 Å². The molecule has 0 aromatic heterocycles. The highest BCUT2D eigenvalue weighted by Gasteiger charge is 2.16. The molecule has 4 rings (SSSR count). The van der Waals surface area contributed by atoms with Gasteiger partial charge in [0.2, 0.25) is 0 Å². The van der Waals surface area contributed by atoms with Crippen molar-refractivity contribution in [3.05, 3.63) is 86.3 Å². The third-order valence-electron chi connectivity index (χ3n) is 4.55. The van der Waals surface area contributed by atoms with E-state index in [-0.39, 0.29) is 6.61 Å². The lowest BCUT2D eigenvalue weighted by Crippen LogP contribution is -2.10. The van der Waals surface area contributed by atoms with Crippen LogP contribution in [-0.2, 0) is 4.74 Å². The monoisotopic (exact) mass is 315 g/mol. The first kappa shape index (κ1) is 15.0. The van der Waals surface area contributed by atoms with Gasteiger partial charge in [0.25, 0.3) is 0 Å². The molecule has 2 aliphatic carbocycles. The molecule has 0 saturated carbocycles. The van der Waals surface area contributed by atoms with Gasteiger partial charge < -0.3 is 9.84 Å². The molecule has 1 radical (unpaired) electrons. The zero-order chi connectivity index (χ0) is 16.5. The van der Waals surface area contributed by atoms with Crippen LogP contribution in [0.5, 0.6) is 0 Å². The fourth-order valence-corrected chi connectivity index (χ4v) is 3.46. The second kappa shape index (κ2) is 6.14. The van der Waals surface area contributed by atoms with Crippen molar-refractivity contribution in [2.24, 2.45) is 0 Å². The normalized spacial score (nSPS) is 15.5. The van der Waals surface area contributed by atoms with Crippen molar-refractivity contribution >= 4 is 17.7 Å². The van der Waals surface area contributed by atoms with Crippen LogP contribution in [0.4, 0.5) is 0 Å². The summed E-state index contributed by atoms with van der Waals surface area (Å²) in [5, 5.41) is 13.8. The minimum Gasteiger partial charge on any atom is -0.492 e. The number of aliphatic hydroxyl groups excluding tert-OH is 1. The fraction of sp³-hybridized carbons (Fsp3) is 0.182. The van der Waals surface area contributed by atoms with Crippen molar-refractivity contribution in [2.45, 2.75) is 13.3 Å². The van der Waals surface area contributed by atoms with E-state index in [0.29, 0.717) is 6.61 Å². The van der Waals surface area contributed by atoms with Gasteiger partial charge in [0.15, 0.2) is 0 Å². The van der Waals surface area contributed by atoms with Crippen LogP contribution in [0, 0.1) is 10.4 Å². The predicted octanol–water partition coefficient (Wildman–Crippen LogP) is 2.47. The highest BCUT2D eigenvalue weighted by Crippen LogP contribution is 2.29. The van der Waals surface area contributed by atoms with Gasteiger partial charge in [-0.2, -0.15) is 0 Å². The van der Waals surface area contributed by atoms with Crippen LogP contribution in [0.1, 0.15) is 24.5 Å². The summed E-state index contributed by atoms with van der Waals surface area (Å²) in [6.45, 7) is 2.44. The van der Waals surface area contributed by atoms with Gasteiger partial charge in [-0.3, -0.25) is 0 Å². The van der Waals surface area contributed by atoms with Crippen LogP contribution in [-0.4, -0.2) is 18.3 Å². The van der Waals surface area contributed by atoms with E-state index in [0.717, 1.165) is 17.4 Å². The van der Waals surface area contributed by atoms with Crippen LogP contribution < -0.4 is 10.4 Å². The van der Waals surface area contributed by atoms with E-state index in [4.69, 9.17) is 9.84 Å². The lowest BCUT2D eigenvalue weighted by molar-refractivity contribution is 0.152. The maximum Gasteiger partial charge on any atom is 0.116 e. The topological polar surface area (TPSA) is 29.5 Å². The molecule has 0 spiro atoms. The number of rotatable bonds is 4. The van der Waals surface area contributed by atoms with Crippen molar-refractivity contribution in [1.82, 2.24) is 0 Å². The Balaban J connectivity index is 1.91. The summed E-state index contributed by atoms with van der Waals surface area (Å²) in [7, 11) is 0. The van der Waals surface area contributed by atoms with Crippen molar-refractivity contribution < 1.29 is 9.84 Å². The lowest BCUT2D eigenvalue weighted by Gasteiger charge is -2.08. The molecule has 0 bridgehead atoms. The summed E-state index contributed by atoms with van der Waals surface area (Å²) in [5.74, 6) is 0.842. The maximum atomic E-state index is 8.93. The Labute approximate surface area is 141 Å². The number of hydrogen-bond acceptors (Lipinski definition) is 2. The van der Waals surface area contributed by atoms with E-state index in [1.54, 1.807) is 0 Å². The van der Waals surface area contributed by atoms with Crippen molar-refractivity contribution in [2.75, 3.05) is 13.2 Å².